The van der Waals surface area contributed by atoms with Crippen molar-refractivity contribution in [3.8, 4) is 6.07 Å². The largest absolute Gasteiger partial charge is 0.433 e. The molecule has 0 atom stereocenters. The average molecular weight is 236 g/mol. The van der Waals surface area contributed by atoms with E-state index in [0.29, 0.717) is 6.20 Å². The molecule has 0 bridgehead atoms. The van der Waals surface area contributed by atoms with Gasteiger partial charge in [-0.2, -0.15) is 18.4 Å². The van der Waals surface area contributed by atoms with Crippen molar-refractivity contribution in [2.45, 2.75) is 19.5 Å². The lowest BCUT2D eigenvalue weighted by Gasteiger charge is -2.14. The molecule has 1 aromatic heterocycles. The third-order valence-corrected chi connectivity index (χ3v) is 1.99. The molecule has 0 unspecified atom stereocenters. The Morgan fingerprint density at radius 3 is 2.31 bits per heavy atom. The van der Waals surface area contributed by atoms with Crippen LogP contribution in [0, 0.1) is 18.3 Å². The van der Waals surface area contributed by atoms with Crippen LogP contribution in [0.3, 0.4) is 0 Å². The number of nitriles is 1. The molecular formula is C9H5F5N2. The Labute approximate surface area is 87.3 Å². The minimum absolute atomic E-state index is 0.289. The number of hydrogen-bond acceptors (Lipinski definition) is 2. The zero-order chi connectivity index (χ0) is 12.5. The Bertz CT molecular complexity index is 444. The maximum atomic E-state index is 12.5. The zero-order valence-electron chi connectivity index (χ0n) is 7.94. The van der Waals surface area contributed by atoms with E-state index in [-0.39, 0.29) is 11.1 Å². The normalized spacial score (nSPS) is 11.6. The minimum Gasteiger partial charge on any atom is -0.250 e. The van der Waals surface area contributed by atoms with Gasteiger partial charge in [0, 0.05) is 6.20 Å². The molecule has 2 nitrogen and oxygen atoms in total. The highest BCUT2D eigenvalue weighted by molar-refractivity contribution is 5.43. The molecule has 1 rings (SSSR count). The van der Waals surface area contributed by atoms with Gasteiger partial charge in [-0.25, -0.2) is 13.8 Å². The molecule has 0 aliphatic carbocycles. The zero-order valence-corrected chi connectivity index (χ0v) is 7.94. The SMILES string of the molecule is Cc1c(C#N)cnc(C(F)(F)F)c1C(F)F. The second-order valence-electron chi connectivity index (χ2n) is 2.97. The second-order valence-corrected chi connectivity index (χ2v) is 2.97. The van der Waals surface area contributed by atoms with Crippen molar-refractivity contribution >= 4 is 0 Å². The lowest BCUT2D eigenvalue weighted by atomic mass is 10.0. The molecule has 86 valence electrons. The predicted molar refractivity (Wildman–Crippen MR) is 43.6 cm³/mol. The molecule has 7 heteroatoms. The van der Waals surface area contributed by atoms with E-state index >= 15 is 0 Å². The third kappa shape index (κ3) is 2.10. The molecule has 0 amide bonds. The number of rotatable bonds is 1. The Balaban J connectivity index is 3.55. The number of halogens is 5. The molecule has 0 fully saturated rings. The molecule has 0 saturated heterocycles. The van der Waals surface area contributed by atoms with Crippen LogP contribution in [0.2, 0.25) is 0 Å². The van der Waals surface area contributed by atoms with Crippen molar-refractivity contribution in [1.29, 1.82) is 5.26 Å². The van der Waals surface area contributed by atoms with Gasteiger partial charge in [0.2, 0.25) is 0 Å². The first-order valence-corrected chi connectivity index (χ1v) is 4.04. The highest BCUT2D eigenvalue weighted by Crippen LogP contribution is 2.37. The summed E-state index contributed by atoms with van der Waals surface area (Å²) in [4.78, 5) is 2.88. The standard InChI is InChI=1S/C9H5F5N2/c1-4-5(2-15)3-16-7(9(12,13)14)6(4)8(10)11/h3,8H,1H3. The summed E-state index contributed by atoms with van der Waals surface area (Å²) >= 11 is 0. The van der Waals surface area contributed by atoms with Crippen LogP contribution in [-0.2, 0) is 6.18 Å². The van der Waals surface area contributed by atoms with Crippen LogP contribution in [0.15, 0.2) is 6.20 Å². The number of aromatic nitrogens is 1. The summed E-state index contributed by atoms with van der Waals surface area (Å²) in [6.45, 7) is 1.04. The lowest BCUT2D eigenvalue weighted by molar-refractivity contribution is -0.143. The van der Waals surface area contributed by atoms with Crippen molar-refractivity contribution in [3.63, 3.8) is 0 Å². The quantitative estimate of drug-likeness (QED) is 0.702. The minimum atomic E-state index is -4.95. The number of hydrogen-bond donors (Lipinski definition) is 0. The van der Waals surface area contributed by atoms with Gasteiger partial charge >= 0.3 is 6.18 Å². The molecule has 0 aromatic carbocycles. The highest BCUT2D eigenvalue weighted by Gasteiger charge is 2.38. The molecule has 0 N–H and O–H groups in total. The summed E-state index contributed by atoms with van der Waals surface area (Å²) in [6.07, 6.45) is -7.63. The van der Waals surface area contributed by atoms with Gasteiger partial charge in [0.05, 0.1) is 11.1 Å². The van der Waals surface area contributed by atoms with E-state index in [0.717, 1.165) is 6.92 Å². The maximum absolute atomic E-state index is 12.5. The molecule has 1 heterocycles. The van der Waals surface area contributed by atoms with Crippen molar-refractivity contribution in [3.05, 3.63) is 28.6 Å². The molecule has 0 aliphatic rings. The topological polar surface area (TPSA) is 36.7 Å². The van der Waals surface area contributed by atoms with Gasteiger partial charge in [-0.05, 0) is 12.5 Å². The van der Waals surface area contributed by atoms with Gasteiger partial charge in [-0.15, -0.1) is 0 Å². The lowest BCUT2D eigenvalue weighted by Crippen LogP contribution is -2.14. The molecule has 0 aliphatic heterocycles. The molecule has 16 heavy (non-hydrogen) atoms. The first-order chi connectivity index (χ1) is 7.29. The third-order valence-electron chi connectivity index (χ3n) is 1.99. The van der Waals surface area contributed by atoms with Gasteiger partial charge in [0.25, 0.3) is 6.43 Å². The first kappa shape index (κ1) is 12.4. The number of pyridine rings is 1. The fraction of sp³-hybridized carbons (Fsp3) is 0.333. The van der Waals surface area contributed by atoms with E-state index < -0.39 is 23.9 Å². The Morgan fingerprint density at radius 2 is 1.94 bits per heavy atom. The fourth-order valence-electron chi connectivity index (χ4n) is 1.22. The smallest absolute Gasteiger partial charge is 0.250 e. The molecule has 0 saturated carbocycles. The summed E-state index contributed by atoms with van der Waals surface area (Å²) in [6, 6.07) is 1.51. The summed E-state index contributed by atoms with van der Waals surface area (Å²) < 4.78 is 62.0. The molecule has 1 aromatic rings. The molecule has 0 radical (unpaired) electrons. The van der Waals surface area contributed by atoms with Crippen molar-refractivity contribution in [2.75, 3.05) is 0 Å². The van der Waals surface area contributed by atoms with Crippen LogP contribution < -0.4 is 0 Å². The van der Waals surface area contributed by atoms with Crippen molar-refractivity contribution in [2.24, 2.45) is 0 Å². The van der Waals surface area contributed by atoms with E-state index in [1.807, 2.05) is 0 Å². The van der Waals surface area contributed by atoms with Gasteiger partial charge in [-0.3, -0.25) is 0 Å². The number of nitrogens with zero attached hydrogens (tertiary/aromatic N) is 2. The maximum Gasteiger partial charge on any atom is 0.433 e. The van der Waals surface area contributed by atoms with Crippen LogP contribution in [0.5, 0.6) is 0 Å². The molecule has 0 spiro atoms. The van der Waals surface area contributed by atoms with Crippen LogP contribution in [0.25, 0.3) is 0 Å². The average Bonchev–Trinajstić information content (AvgIpc) is 2.15. The monoisotopic (exact) mass is 236 g/mol. The fourth-order valence-corrected chi connectivity index (χ4v) is 1.22. The Hall–Kier alpha value is -1.71. The Morgan fingerprint density at radius 1 is 1.38 bits per heavy atom. The van der Waals surface area contributed by atoms with Crippen molar-refractivity contribution in [1.82, 2.24) is 4.98 Å². The van der Waals surface area contributed by atoms with E-state index in [1.54, 1.807) is 0 Å². The first-order valence-electron chi connectivity index (χ1n) is 4.04. The number of alkyl halides is 5. The van der Waals surface area contributed by atoms with Gasteiger partial charge in [0.15, 0.2) is 5.69 Å². The van der Waals surface area contributed by atoms with Crippen molar-refractivity contribution < 1.29 is 22.0 Å². The van der Waals surface area contributed by atoms with E-state index in [1.165, 1.54) is 6.07 Å². The van der Waals surface area contributed by atoms with Crippen LogP contribution >= 0.6 is 0 Å². The van der Waals surface area contributed by atoms with Gasteiger partial charge < -0.3 is 0 Å². The summed E-state index contributed by atoms with van der Waals surface area (Å²) in [5.74, 6) is 0. The summed E-state index contributed by atoms with van der Waals surface area (Å²) in [5.41, 5.74) is -3.55. The van der Waals surface area contributed by atoms with Gasteiger partial charge in [0.1, 0.15) is 6.07 Å². The van der Waals surface area contributed by atoms with E-state index in [4.69, 9.17) is 5.26 Å². The Kier molecular flexibility index (Phi) is 3.12. The second kappa shape index (κ2) is 4.04. The van der Waals surface area contributed by atoms with Crippen LogP contribution in [0.4, 0.5) is 22.0 Å². The summed E-state index contributed by atoms with van der Waals surface area (Å²) in [7, 11) is 0. The van der Waals surface area contributed by atoms with E-state index in [2.05, 4.69) is 4.98 Å². The van der Waals surface area contributed by atoms with Crippen LogP contribution in [-0.4, -0.2) is 4.98 Å². The van der Waals surface area contributed by atoms with E-state index in [9.17, 15) is 22.0 Å². The van der Waals surface area contributed by atoms with Gasteiger partial charge in [-0.1, -0.05) is 0 Å². The summed E-state index contributed by atoms with van der Waals surface area (Å²) in [5, 5.41) is 8.50. The molecular weight excluding hydrogens is 231 g/mol. The highest BCUT2D eigenvalue weighted by atomic mass is 19.4. The predicted octanol–water partition coefficient (Wildman–Crippen LogP) is 3.22. The van der Waals surface area contributed by atoms with Crippen LogP contribution in [0.1, 0.15) is 28.8 Å².